The highest BCUT2D eigenvalue weighted by molar-refractivity contribution is 7.98. The number of hydrogen-bond donors (Lipinski definition) is 0. The maximum absolute atomic E-state index is 14.3. The van der Waals surface area contributed by atoms with Gasteiger partial charge in [-0.05, 0) is 92.0 Å². The van der Waals surface area contributed by atoms with Gasteiger partial charge < -0.3 is 0 Å². The quantitative estimate of drug-likeness (QED) is 0.146. The molecule has 2 heterocycles. The number of thioether (sulfide) groups is 1. The molecule has 0 N–H and O–H groups in total. The van der Waals surface area contributed by atoms with Crippen molar-refractivity contribution in [3.8, 4) is 5.69 Å². The fourth-order valence-corrected chi connectivity index (χ4v) is 8.38. The van der Waals surface area contributed by atoms with E-state index in [1.807, 2.05) is 21.6 Å². The van der Waals surface area contributed by atoms with Crippen LogP contribution in [0.1, 0.15) is 49.1 Å². The molecule has 1 aromatic heterocycles. The van der Waals surface area contributed by atoms with Gasteiger partial charge in [0, 0.05) is 21.9 Å². The van der Waals surface area contributed by atoms with E-state index >= 15 is 0 Å². The molecular weight excluding hydrogens is 676 g/mol. The van der Waals surface area contributed by atoms with Crippen LogP contribution in [-0.2, 0) is 25.8 Å². The van der Waals surface area contributed by atoms with Crippen molar-refractivity contribution in [3.63, 3.8) is 0 Å². The molecule has 3 aromatic carbocycles. The van der Waals surface area contributed by atoms with Gasteiger partial charge in [-0.15, -0.1) is 0 Å². The number of nitrogens with zero attached hydrogens (tertiary/aromatic N) is 3. The standard InChI is InChI=1S/C33H33Cl3FN3O3S2/c1-21-14-24(8-11-30(21)37)40-31(33(2,3)23-7-10-27(34)29(36)15-23)17-38-32(40)44-19-22-6-9-26(16-28(22)35)45(42,43)20-25(41)18-39-12-4-5-13-39/h6-11,14-17H,4-5,12-13,18-20H2,1-3H3. The van der Waals surface area contributed by atoms with Crippen molar-refractivity contribution in [1.29, 1.82) is 0 Å². The molecule has 0 spiro atoms. The highest BCUT2D eigenvalue weighted by Gasteiger charge is 2.30. The van der Waals surface area contributed by atoms with E-state index in [0.29, 0.717) is 32.1 Å². The third kappa shape index (κ3) is 7.61. The predicted molar refractivity (Wildman–Crippen MR) is 181 cm³/mol. The van der Waals surface area contributed by atoms with Crippen LogP contribution in [0.3, 0.4) is 0 Å². The van der Waals surface area contributed by atoms with Crippen LogP contribution in [-0.4, -0.2) is 54.0 Å². The number of hydrogen-bond acceptors (Lipinski definition) is 6. The molecule has 1 fully saturated rings. The van der Waals surface area contributed by atoms with E-state index in [-0.39, 0.29) is 28.1 Å². The minimum absolute atomic E-state index is 0.0185. The molecule has 5 rings (SSSR count). The van der Waals surface area contributed by atoms with Crippen LogP contribution in [0.5, 0.6) is 0 Å². The first-order valence-electron chi connectivity index (χ1n) is 14.4. The molecule has 6 nitrogen and oxygen atoms in total. The van der Waals surface area contributed by atoms with Gasteiger partial charge in [0.25, 0.3) is 0 Å². The highest BCUT2D eigenvalue weighted by atomic mass is 35.5. The normalized spacial score (nSPS) is 14.3. The molecule has 0 amide bonds. The lowest BCUT2D eigenvalue weighted by Gasteiger charge is -2.28. The largest absolute Gasteiger partial charge is 0.297 e. The van der Waals surface area contributed by atoms with Gasteiger partial charge in [-0.25, -0.2) is 17.8 Å². The van der Waals surface area contributed by atoms with Gasteiger partial charge in [-0.2, -0.15) is 0 Å². The van der Waals surface area contributed by atoms with Gasteiger partial charge >= 0.3 is 0 Å². The zero-order chi connectivity index (χ0) is 32.5. The second kappa shape index (κ2) is 13.8. The van der Waals surface area contributed by atoms with Crippen LogP contribution in [0.4, 0.5) is 4.39 Å². The first-order chi connectivity index (χ1) is 21.3. The number of rotatable bonds is 11. The SMILES string of the molecule is Cc1cc(-n2c(C(C)(C)c3ccc(Cl)c(Cl)c3)cnc2SCc2ccc(S(=O)(=O)CC(=O)CN3CCCC3)cc2Cl)ccc1F. The van der Waals surface area contributed by atoms with Gasteiger partial charge in [0.05, 0.1) is 33.4 Å². The number of likely N-dealkylation sites (tertiary alicyclic amines) is 1. The summed E-state index contributed by atoms with van der Waals surface area (Å²) < 4.78 is 42.3. The Balaban J connectivity index is 1.41. The lowest BCUT2D eigenvalue weighted by atomic mass is 9.81. The first kappa shape index (κ1) is 33.9. The molecule has 0 saturated carbocycles. The molecule has 238 valence electrons. The van der Waals surface area contributed by atoms with E-state index in [0.717, 1.165) is 42.9 Å². The number of aryl methyl sites for hydroxylation is 1. The van der Waals surface area contributed by atoms with E-state index < -0.39 is 21.0 Å². The summed E-state index contributed by atoms with van der Waals surface area (Å²) in [6.07, 6.45) is 3.84. The number of carbonyl (C=O) groups is 1. The number of Topliss-reactive ketones (excluding diaryl/α,β-unsaturated/α-hetero) is 1. The van der Waals surface area contributed by atoms with E-state index in [1.165, 1.54) is 30.0 Å². The number of imidazole rings is 1. The average molecular weight is 709 g/mol. The van der Waals surface area contributed by atoms with E-state index in [4.69, 9.17) is 39.8 Å². The molecule has 0 atom stereocenters. The molecule has 0 bridgehead atoms. The van der Waals surface area contributed by atoms with Gasteiger partial charge in [0.1, 0.15) is 11.6 Å². The van der Waals surface area contributed by atoms with Crippen LogP contribution < -0.4 is 0 Å². The molecule has 1 aliphatic heterocycles. The predicted octanol–water partition coefficient (Wildman–Crippen LogP) is 8.34. The minimum atomic E-state index is -3.84. The third-order valence-corrected chi connectivity index (χ3v) is 11.9. The van der Waals surface area contributed by atoms with Gasteiger partial charge in [0.2, 0.25) is 0 Å². The Morgan fingerprint density at radius 1 is 0.978 bits per heavy atom. The lowest BCUT2D eigenvalue weighted by molar-refractivity contribution is -0.117. The van der Waals surface area contributed by atoms with E-state index in [9.17, 15) is 17.6 Å². The Hall–Kier alpha value is -2.40. The molecular formula is C33H33Cl3FN3O3S2. The number of ketones is 1. The van der Waals surface area contributed by atoms with Crippen molar-refractivity contribution in [3.05, 3.63) is 104 Å². The van der Waals surface area contributed by atoms with Crippen molar-refractivity contribution >= 4 is 62.2 Å². The molecule has 0 unspecified atom stereocenters. The van der Waals surface area contributed by atoms with Crippen molar-refractivity contribution in [1.82, 2.24) is 14.5 Å². The van der Waals surface area contributed by atoms with Crippen molar-refractivity contribution in [2.45, 2.75) is 54.8 Å². The molecule has 1 saturated heterocycles. The fraction of sp³-hybridized carbons (Fsp3) is 0.333. The number of aromatic nitrogens is 2. The average Bonchev–Trinajstić information content (AvgIpc) is 3.65. The molecule has 1 aliphatic rings. The topological polar surface area (TPSA) is 72.3 Å². The summed E-state index contributed by atoms with van der Waals surface area (Å²) in [6.45, 7) is 7.59. The maximum atomic E-state index is 14.3. The van der Waals surface area contributed by atoms with Crippen molar-refractivity contribution in [2.75, 3.05) is 25.4 Å². The van der Waals surface area contributed by atoms with Crippen LogP contribution in [0, 0.1) is 12.7 Å². The summed E-state index contributed by atoms with van der Waals surface area (Å²) >= 11 is 20.6. The van der Waals surface area contributed by atoms with Crippen LogP contribution in [0.2, 0.25) is 15.1 Å². The fourth-order valence-electron chi connectivity index (χ4n) is 5.44. The number of sulfone groups is 1. The molecule has 12 heteroatoms. The second-order valence-corrected chi connectivity index (χ2v) is 15.9. The Labute approximate surface area is 282 Å². The van der Waals surface area contributed by atoms with E-state index in [1.54, 1.807) is 37.4 Å². The third-order valence-electron chi connectivity index (χ3n) is 8.10. The van der Waals surface area contributed by atoms with Crippen LogP contribution in [0.25, 0.3) is 5.69 Å². The number of carbonyl (C=O) groups excluding carboxylic acids is 1. The van der Waals surface area contributed by atoms with Gasteiger partial charge in [0.15, 0.2) is 20.8 Å². The monoisotopic (exact) mass is 707 g/mol. The number of benzene rings is 3. The first-order valence-corrected chi connectivity index (χ1v) is 18.2. The summed E-state index contributed by atoms with van der Waals surface area (Å²) in [4.78, 5) is 19.2. The molecule has 0 radical (unpaired) electrons. The maximum Gasteiger partial charge on any atom is 0.185 e. The zero-order valence-corrected chi connectivity index (χ0v) is 29.0. The van der Waals surface area contributed by atoms with Gasteiger partial charge in [-0.1, -0.05) is 72.5 Å². The Bertz CT molecular complexity index is 1860. The van der Waals surface area contributed by atoms with E-state index in [2.05, 4.69) is 13.8 Å². The Morgan fingerprint density at radius 3 is 2.38 bits per heavy atom. The zero-order valence-electron chi connectivity index (χ0n) is 25.1. The highest BCUT2D eigenvalue weighted by Crippen LogP contribution is 2.39. The number of halogens is 4. The molecule has 45 heavy (non-hydrogen) atoms. The van der Waals surface area contributed by atoms with Crippen LogP contribution >= 0.6 is 46.6 Å². The molecule has 0 aliphatic carbocycles. The summed E-state index contributed by atoms with van der Waals surface area (Å²) in [5, 5.41) is 1.82. The lowest BCUT2D eigenvalue weighted by Crippen LogP contribution is -2.30. The second-order valence-electron chi connectivity index (χ2n) is 11.8. The van der Waals surface area contributed by atoms with Gasteiger partial charge in [-0.3, -0.25) is 14.3 Å². The summed E-state index contributed by atoms with van der Waals surface area (Å²) in [7, 11) is -3.84. The minimum Gasteiger partial charge on any atom is -0.297 e. The summed E-state index contributed by atoms with van der Waals surface area (Å²) in [5.74, 6) is -0.801. The van der Waals surface area contributed by atoms with Crippen molar-refractivity contribution < 1.29 is 17.6 Å². The summed E-state index contributed by atoms with van der Waals surface area (Å²) in [6, 6.07) is 15.0. The Kier molecular flexibility index (Phi) is 10.4. The van der Waals surface area contributed by atoms with Crippen LogP contribution in [0.15, 0.2) is 70.8 Å². The Morgan fingerprint density at radius 2 is 1.71 bits per heavy atom. The molecule has 4 aromatic rings. The summed E-state index contributed by atoms with van der Waals surface area (Å²) in [5.41, 5.74) is 3.14. The van der Waals surface area contributed by atoms with Crippen molar-refractivity contribution in [2.24, 2.45) is 0 Å². The smallest absolute Gasteiger partial charge is 0.185 e.